The molecule has 1 heterocycles. The van der Waals surface area contributed by atoms with Crippen molar-refractivity contribution in [2.75, 3.05) is 26.7 Å². The molecule has 0 aromatic heterocycles. The molecule has 0 aromatic carbocycles. The fourth-order valence-corrected chi connectivity index (χ4v) is 1.70. The van der Waals surface area contributed by atoms with E-state index in [9.17, 15) is 13.2 Å². The second kappa shape index (κ2) is 4.98. The van der Waals surface area contributed by atoms with Crippen LogP contribution in [0.25, 0.3) is 0 Å². The van der Waals surface area contributed by atoms with Crippen molar-refractivity contribution in [1.29, 1.82) is 0 Å². The predicted octanol–water partition coefficient (Wildman–Crippen LogP) is 1.62. The third-order valence-electron chi connectivity index (χ3n) is 2.47. The predicted molar refractivity (Wildman–Crippen MR) is 49.2 cm³/mol. The lowest BCUT2D eigenvalue weighted by atomic mass is 10.2. The van der Waals surface area contributed by atoms with Gasteiger partial charge in [-0.2, -0.15) is 13.2 Å². The van der Waals surface area contributed by atoms with Crippen molar-refractivity contribution in [2.45, 2.75) is 31.5 Å². The number of hydrogen-bond acceptors (Lipinski definition) is 2. The van der Waals surface area contributed by atoms with E-state index in [2.05, 4.69) is 5.32 Å². The molecule has 1 rings (SSSR count). The van der Waals surface area contributed by atoms with E-state index in [0.29, 0.717) is 6.04 Å². The molecule has 0 unspecified atom stereocenters. The Balaban J connectivity index is 2.12. The molecular weight excluding hydrogens is 193 g/mol. The minimum atomic E-state index is -4.03. The topological polar surface area (TPSA) is 15.3 Å². The number of rotatable bonds is 4. The Morgan fingerprint density at radius 3 is 2.64 bits per heavy atom. The maximum absolute atomic E-state index is 11.9. The van der Waals surface area contributed by atoms with E-state index in [1.54, 1.807) is 11.9 Å². The van der Waals surface area contributed by atoms with Crippen LogP contribution in [0, 0.1) is 0 Å². The molecule has 0 spiro atoms. The molecule has 5 heteroatoms. The van der Waals surface area contributed by atoms with Gasteiger partial charge in [0.25, 0.3) is 0 Å². The first-order chi connectivity index (χ1) is 6.47. The highest BCUT2D eigenvalue weighted by atomic mass is 19.4. The molecule has 0 aliphatic carbocycles. The summed E-state index contributed by atoms with van der Waals surface area (Å²) < 4.78 is 35.7. The van der Waals surface area contributed by atoms with Crippen molar-refractivity contribution in [3.63, 3.8) is 0 Å². The van der Waals surface area contributed by atoms with Crippen LogP contribution in [0.1, 0.15) is 19.3 Å². The summed E-state index contributed by atoms with van der Waals surface area (Å²) >= 11 is 0. The Kier molecular flexibility index (Phi) is 4.19. The largest absolute Gasteiger partial charge is 0.390 e. The summed E-state index contributed by atoms with van der Waals surface area (Å²) in [5, 5.41) is 3.26. The van der Waals surface area contributed by atoms with Crippen LogP contribution < -0.4 is 5.32 Å². The first-order valence-corrected chi connectivity index (χ1v) is 4.96. The molecule has 1 aliphatic rings. The van der Waals surface area contributed by atoms with Gasteiger partial charge in [0.05, 0.1) is 6.42 Å². The average Bonchev–Trinajstić information content (AvgIpc) is 2.52. The van der Waals surface area contributed by atoms with Gasteiger partial charge >= 0.3 is 6.18 Å². The highest BCUT2D eigenvalue weighted by Crippen LogP contribution is 2.19. The number of halogens is 3. The van der Waals surface area contributed by atoms with Gasteiger partial charge in [-0.15, -0.1) is 0 Å². The first kappa shape index (κ1) is 11.8. The fourth-order valence-electron chi connectivity index (χ4n) is 1.70. The summed E-state index contributed by atoms with van der Waals surface area (Å²) in [5.74, 6) is 0. The van der Waals surface area contributed by atoms with E-state index in [1.807, 2.05) is 0 Å². The Labute approximate surface area is 82.5 Å². The summed E-state index contributed by atoms with van der Waals surface area (Å²) in [6.45, 7) is 1.82. The SMILES string of the molecule is CN(CCC(F)(F)F)C[C@H]1CCCN1. The molecule has 84 valence electrons. The van der Waals surface area contributed by atoms with Crippen LogP contribution in [0.3, 0.4) is 0 Å². The maximum atomic E-state index is 11.9. The van der Waals surface area contributed by atoms with Crippen LogP contribution in [0.15, 0.2) is 0 Å². The van der Waals surface area contributed by atoms with Gasteiger partial charge < -0.3 is 10.2 Å². The standard InChI is InChI=1S/C9H17F3N2/c1-14(6-4-9(10,11)12)7-8-3-2-5-13-8/h8,13H,2-7H2,1H3/t8-/m1/s1. The molecule has 1 aliphatic heterocycles. The second-order valence-corrected chi connectivity index (χ2v) is 3.92. The van der Waals surface area contributed by atoms with Crippen molar-refractivity contribution in [1.82, 2.24) is 10.2 Å². The summed E-state index contributed by atoms with van der Waals surface area (Å²) in [6, 6.07) is 0.383. The van der Waals surface area contributed by atoms with E-state index in [4.69, 9.17) is 0 Å². The van der Waals surface area contributed by atoms with Gasteiger partial charge in [0.1, 0.15) is 0 Å². The fraction of sp³-hybridized carbons (Fsp3) is 1.00. The molecule has 0 saturated carbocycles. The molecular formula is C9H17F3N2. The van der Waals surface area contributed by atoms with E-state index in [1.165, 1.54) is 0 Å². The highest BCUT2D eigenvalue weighted by molar-refractivity contribution is 4.76. The molecule has 1 N–H and O–H groups in total. The highest BCUT2D eigenvalue weighted by Gasteiger charge is 2.27. The number of alkyl halides is 3. The van der Waals surface area contributed by atoms with Crippen LogP contribution in [-0.4, -0.2) is 43.8 Å². The van der Waals surface area contributed by atoms with Gasteiger partial charge in [0.15, 0.2) is 0 Å². The molecule has 0 amide bonds. The van der Waals surface area contributed by atoms with Crippen LogP contribution >= 0.6 is 0 Å². The maximum Gasteiger partial charge on any atom is 0.390 e. The van der Waals surface area contributed by atoms with E-state index >= 15 is 0 Å². The van der Waals surface area contributed by atoms with Gasteiger partial charge in [0.2, 0.25) is 0 Å². The summed E-state index contributed by atoms with van der Waals surface area (Å²) in [7, 11) is 1.74. The van der Waals surface area contributed by atoms with Crippen molar-refractivity contribution < 1.29 is 13.2 Å². The number of nitrogens with one attached hydrogen (secondary N) is 1. The molecule has 1 atom stereocenters. The minimum Gasteiger partial charge on any atom is -0.313 e. The van der Waals surface area contributed by atoms with Gasteiger partial charge in [-0.25, -0.2) is 0 Å². The number of nitrogens with zero attached hydrogens (tertiary/aromatic N) is 1. The average molecular weight is 210 g/mol. The Bertz CT molecular complexity index is 164. The number of hydrogen-bond donors (Lipinski definition) is 1. The molecule has 0 aromatic rings. The lowest BCUT2D eigenvalue weighted by Crippen LogP contribution is -2.36. The third kappa shape index (κ3) is 4.81. The zero-order valence-corrected chi connectivity index (χ0v) is 8.40. The first-order valence-electron chi connectivity index (χ1n) is 4.96. The van der Waals surface area contributed by atoms with Crippen LogP contribution in [0.5, 0.6) is 0 Å². The smallest absolute Gasteiger partial charge is 0.313 e. The lowest BCUT2D eigenvalue weighted by molar-refractivity contribution is -0.137. The van der Waals surface area contributed by atoms with Crippen molar-refractivity contribution >= 4 is 0 Å². The summed E-state index contributed by atoms with van der Waals surface area (Å²) in [5.41, 5.74) is 0. The Morgan fingerprint density at radius 1 is 1.43 bits per heavy atom. The van der Waals surface area contributed by atoms with Crippen LogP contribution in [0.2, 0.25) is 0 Å². The second-order valence-electron chi connectivity index (χ2n) is 3.92. The molecule has 0 radical (unpaired) electrons. The molecule has 14 heavy (non-hydrogen) atoms. The van der Waals surface area contributed by atoms with Crippen LogP contribution in [-0.2, 0) is 0 Å². The van der Waals surface area contributed by atoms with Gasteiger partial charge in [-0.05, 0) is 26.4 Å². The van der Waals surface area contributed by atoms with E-state index in [0.717, 1.165) is 25.9 Å². The van der Waals surface area contributed by atoms with Crippen molar-refractivity contribution in [2.24, 2.45) is 0 Å². The normalized spacial score (nSPS) is 23.4. The van der Waals surface area contributed by atoms with E-state index in [-0.39, 0.29) is 6.54 Å². The lowest BCUT2D eigenvalue weighted by Gasteiger charge is -2.21. The molecule has 1 fully saturated rings. The minimum absolute atomic E-state index is 0.0989. The summed E-state index contributed by atoms with van der Waals surface area (Å²) in [4.78, 5) is 1.75. The monoisotopic (exact) mass is 210 g/mol. The number of likely N-dealkylation sites (N-methyl/N-ethyl adjacent to an activating group) is 1. The Hall–Kier alpha value is -0.290. The molecule has 1 saturated heterocycles. The molecule has 2 nitrogen and oxygen atoms in total. The molecule has 0 bridgehead atoms. The Morgan fingerprint density at radius 2 is 2.14 bits per heavy atom. The van der Waals surface area contributed by atoms with Crippen molar-refractivity contribution in [3.05, 3.63) is 0 Å². The zero-order chi connectivity index (χ0) is 10.6. The summed E-state index contributed by atoms with van der Waals surface area (Å²) in [6.07, 6.45) is -2.53. The quantitative estimate of drug-likeness (QED) is 0.758. The van der Waals surface area contributed by atoms with Crippen molar-refractivity contribution in [3.8, 4) is 0 Å². The van der Waals surface area contributed by atoms with Gasteiger partial charge in [-0.3, -0.25) is 0 Å². The van der Waals surface area contributed by atoms with Gasteiger partial charge in [-0.1, -0.05) is 0 Å². The van der Waals surface area contributed by atoms with Gasteiger partial charge in [0, 0.05) is 19.1 Å². The third-order valence-corrected chi connectivity index (χ3v) is 2.47. The van der Waals surface area contributed by atoms with Crippen LogP contribution in [0.4, 0.5) is 13.2 Å². The van der Waals surface area contributed by atoms with E-state index < -0.39 is 12.6 Å². The zero-order valence-electron chi connectivity index (χ0n) is 8.40.